The Morgan fingerprint density at radius 3 is 2.63 bits per heavy atom. The highest BCUT2D eigenvalue weighted by Crippen LogP contribution is 2.32. The summed E-state index contributed by atoms with van der Waals surface area (Å²) in [5.74, 6) is 0.00392. The summed E-state index contributed by atoms with van der Waals surface area (Å²) in [6, 6.07) is 11.8. The number of benzene rings is 2. The van der Waals surface area contributed by atoms with Gasteiger partial charge in [0.15, 0.2) is 17.6 Å². The molecule has 2 aliphatic heterocycles. The first-order valence-corrected chi connectivity index (χ1v) is 9.84. The van der Waals surface area contributed by atoms with Crippen molar-refractivity contribution in [3.05, 3.63) is 48.0 Å². The molecule has 2 aromatic rings. The van der Waals surface area contributed by atoms with E-state index in [1.165, 1.54) is 6.92 Å². The van der Waals surface area contributed by atoms with Crippen molar-refractivity contribution in [2.75, 3.05) is 30.0 Å². The predicted molar refractivity (Wildman–Crippen MR) is 109 cm³/mol. The molecule has 0 saturated carbocycles. The number of amides is 2. The zero-order chi connectivity index (χ0) is 21.1. The van der Waals surface area contributed by atoms with Gasteiger partial charge < -0.3 is 24.4 Å². The molecule has 4 rings (SSSR count). The van der Waals surface area contributed by atoms with Crippen molar-refractivity contribution in [3.8, 4) is 11.5 Å². The van der Waals surface area contributed by atoms with Crippen LogP contribution >= 0.6 is 0 Å². The van der Waals surface area contributed by atoms with Crippen LogP contribution in [0.1, 0.15) is 30.1 Å². The average molecular weight is 410 g/mol. The maximum absolute atomic E-state index is 12.7. The third kappa shape index (κ3) is 4.07. The minimum atomic E-state index is -1.03. The number of nitrogens with one attached hydrogen (secondary N) is 1. The summed E-state index contributed by atoms with van der Waals surface area (Å²) >= 11 is 0. The van der Waals surface area contributed by atoms with Crippen molar-refractivity contribution in [1.29, 1.82) is 0 Å². The zero-order valence-corrected chi connectivity index (χ0v) is 16.6. The summed E-state index contributed by atoms with van der Waals surface area (Å²) in [6.45, 7) is 2.98. The van der Waals surface area contributed by atoms with E-state index in [1.54, 1.807) is 47.4 Å². The molecule has 2 aromatic carbocycles. The van der Waals surface area contributed by atoms with Gasteiger partial charge >= 0.3 is 5.97 Å². The van der Waals surface area contributed by atoms with Gasteiger partial charge in [-0.3, -0.25) is 9.59 Å². The van der Waals surface area contributed by atoms with Gasteiger partial charge in [-0.25, -0.2) is 4.79 Å². The van der Waals surface area contributed by atoms with E-state index in [0.29, 0.717) is 49.1 Å². The maximum Gasteiger partial charge on any atom is 0.341 e. The SMILES string of the molecule is C[C@H](OC(=O)c1ccccc1N1CCCC1=O)C(=O)Nc1ccc2c(c1)OCCO2. The fourth-order valence-electron chi connectivity index (χ4n) is 3.43. The zero-order valence-electron chi connectivity index (χ0n) is 16.6. The van der Waals surface area contributed by atoms with Crippen LogP contribution in [0.25, 0.3) is 0 Å². The smallest absolute Gasteiger partial charge is 0.341 e. The van der Waals surface area contributed by atoms with Gasteiger partial charge in [0.25, 0.3) is 5.91 Å². The fourth-order valence-corrected chi connectivity index (χ4v) is 3.43. The summed E-state index contributed by atoms with van der Waals surface area (Å²) in [5, 5.41) is 2.71. The predicted octanol–water partition coefficient (Wildman–Crippen LogP) is 2.77. The normalized spacial score (nSPS) is 16.2. The van der Waals surface area contributed by atoms with Crippen LogP contribution in [0, 0.1) is 0 Å². The number of rotatable bonds is 5. The monoisotopic (exact) mass is 410 g/mol. The van der Waals surface area contributed by atoms with Crippen LogP contribution in [0.3, 0.4) is 0 Å². The summed E-state index contributed by atoms with van der Waals surface area (Å²) in [5.41, 5.74) is 1.27. The molecule has 1 saturated heterocycles. The molecular formula is C22H22N2O6. The molecular weight excluding hydrogens is 388 g/mol. The largest absolute Gasteiger partial charge is 0.486 e. The van der Waals surface area contributed by atoms with Gasteiger partial charge in [0.2, 0.25) is 5.91 Å². The number of ether oxygens (including phenoxy) is 3. The first kappa shape index (κ1) is 19.8. The summed E-state index contributed by atoms with van der Waals surface area (Å²) in [7, 11) is 0. The Labute approximate surface area is 173 Å². The van der Waals surface area contributed by atoms with Crippen molar-refractivity contribution >= 4 is 29.2 Å². The summed E-state index contributed by atoms with van der Waals surface area (Å²) < 4.78 is 16.3. The lowest BCUT2D eigenvalue weighted by Crippen LogP contribution is -2.31. The molecule has 0 spiro atoms. The highest BCUT2D eigenvalue weighted by molar-refractivity contribution is 6.04. The van der Waals surface area contributed by atoms with Crippen molar-refractivity contribution in [2.24, 2.45) is 0 Å². The molecule has 2 aliphatic rings. The second-order valence-electron chi connectivity index (χ2n) is 7.06. The number of hydrogen-bond acceptors (Lipinski definition) is 6. The minimum Gasteiger partial charge on any atom is -0.486 e. The second kappa shape index (κ2) is 8.44. The van der Waals surface area contributed by atoms with Crippen molar-refractivity contribution in [2.45, 2.75) is 25.9 Å². The lowest BCUT2D eigenvalue weighted by atomic mass is 10.1. The van der Waals surface area contributed by atoms with Crippen LogP contribution in [0.2, 0.25) is 0 Å². The Bertz CT molecular complexity index is 989. The molecule has 8 nitrogen and oxygen atoms in total. The lowest BCUT2D eigenvalue weighted by molar-refractivity contribution is -0.123. The highest BCUT2D eigenvalue weighted by Gasteiger charge is 2.27. The van der Waals surface area contributed by atoms with E-state index in [0.717, 1.165) is 6.42 Å². The highest BCUT2D eigenvalue weighted by atomic mass is 16.6. The first-order valence-electron chi connectivity index (χ1n) is 9.84. The topological polar surface area (TPSA) is 94.2 Å². The number of nitrogens with zero attached hydrogens (tertiary/aromatic N) is 1. The Balaban J connectivity index is 1.42. The van der Waals surface area contributed by atoms with Gasteiger partial charge in [0.05, 0.1) is 11.3 Å². The lowest BCUT2D eigenvalue weighted by Gasteiger charge is -2.21. The fraction of sp³-hybridized carbons (Fsp3) is 0.318. The molecule has 8 heteroatoms. The molecule has 30 heavy (non-hydrogen) atoms. The molecule has 0 bridgehead atoms. The molecule has 0 aromatic heterocycles. The van der Waals surface area contributed by atoms with Crippen LogP contribution in [0.4, 0.5) is 11.4 Å². The Morgan fingerprint density at radius 1 is 1.10 bits per heavy atom. The second-order valence-corrected chi connectivity index (χ2v) is 7.06. The van der Waals surface area contributed by atoms with E-state index in [1.807, 2.05) is 0 Å². The molecule has 2 heterocycles. The Morgan fingerprint density at radius 2 is 1.87 bits per heavy atom. The quantitative estimate of drug-likeness (QED) is 0.762. The van der Waals surface area contributed by atoms with Gasteiger partial charge in [-0.05, 0) is 37.6 Å². The number of anilines is 2. The van der Waals surface area contributed by atoms with Gasteiger partial charge in [-0.1, -0.05) is 12.1 Å². The molecule has 1 fully saturated rings. The van der Waals surface area contributed by atoms with Crippen LogP contribution in [0.5, 0.6) is 11.5 Å². The number of para-hydroxylation sites is 1. The van der Waals surface area contributed by atoms with E-state index < -0.39 is 18.0 Å². The molecule has 0 radical (unpaired) electrons. The van der Waals surface area contributed by atoms with Crippen LogP contribution < -0.4 is 19.7 Å². The standard InChI is InChI=1S/C22H22N2O6/c1-14(21(26)23-15-8-9-18-19(13-15)29-12-11-28-18)30-22(27)16-5-2-3-6-17(16)24-10-4-7-20(24)25/h2-3,5-6,8-9,13-14H,4,7,10-12H2,1H3,(H,23,26)/t14-/m0/s1. The van der Waals surface area contributed by atoms with Crippen LogP contribution in [-0.2, 0) is 14.3 Å². The van der Waals surface area contributed by atoms with E-state index in [4.69, 9.17) is 14.2 Å². The van der Waals surface area contributed by atoms with Crippen molar-refractivity contribution in [3.63, 3.8) is 0 Å². The van der Waals surface area contributed by atoms with Crippen molar-refractivity contribution < 1.29 is 28.6 Å². The van der Waals surface area contributed by atoms with Gasteiger partial charge in [-0.2, -0.15) is 0 Å². The Kier molecular flexibility index (Phi) is 5.56. The number of fused-ring (bicyclic) bond motifs is 1. The van der Waals surface area contributed by atoms with E-state index in [9.17, 15) is 14.4 Å². The van der Waals surface area contributed by atoms with Crippen LogP contribution in [0.15, 0.2) is 42.5 Å². The molecule has 156 valence electrons. The third-order valence-corrected chi connectivity index (χ3v) is 4.95. The molecule has 2 amide bonds. The molecule has 1 atom stereocenters. The number of hydrogen-bond donors (Lipinski definition) is 1. The maximum atomic E-state index is 12.7. The first-order chi connectivity index (χ1) is 14.5. The van der Waals surface area contributed by atoms with E-state index >= 15 is 0 Å². The molecule has 1 N–H and O–H groups in total. The summed E-state index contributed by atoms with van der Waals surface area (Å²) in [4.78, 5) is 38.9. The molecule has 0 unspecified atom stereocenters. The van der Waals surface area contributed by atoms with E-state index in [2.05, 4.69) is 5.32 Å². The average Bonchev–Trinajstić information content (AvgIpc) is 3.19. The van der Waals surface area contributed by atoms with Crippen LogP contribution in [-0.4, -0.2) is 43.6 Å². The van der Waals surface area contributed by atoms with E-state index in [-0.39, 0.29) is 11.5 Å². The third-order valence-electron chi connectivity index (χ3n) is 4.95. The molecule has 0 aliphatic carbocycles. The number of carbonyl (C=O) groups excluding carboxylic acids is 3. The number of carbonyl (C=O) groups is 3. The minimum absolute atomic E-state index is 0.0281. The number of esters is 1. The van der Waals surface area contributed by atoms with Gasteiger partial charge in [0.1, 0.15) is 13.2 Å². The van der Waals surface area contributed by atoms with Gasteiger partial charge in [-0.15, -0.1) is 0 Å². The summed E-state index contributed by atoms with van der Waals surface area (Å²) in [6.07, 6.45) is 0.168. The Hall–Kier alpha value is -3.55. The van der Waals surface area contributed by atoms with Crippen molar-refractivity contribution in [1.82, 2.24) is 0 Å². The van der Waals surface area contributed by atoms with Gasteiger partial charge in [0, 0.05) is 24.7 Å².